The standard InChI is InChI=1S/C45H27N3S.C39H23N3S.C38H22N2S/c1-3-13-28(14-4-1)37-27-38(47-45(46-37)31-15-5-2-6-16-31)29-23-25-30(26-24-29)42-35-20-10-9-19-34(35)40-32-17-7-8-18-33(32)41-36-21-11-12-22-39(36)49-44(41)43(40)48-42;1-3-13-24(14-4-1)35-31(23-40-39(42-35)25-15-5-2-6-16-25)36-29-20-10-9-19-28(29)33-26-17-7-8-18-27(26)34-30-21-11-12-22-32(30)43-38(34)37(33)41-36;1-2-12-23(13-3-1)35-25-15-5-4-14-24(25)22-31(39-35)36-29-19-9-8-18-28(29)33-26-16-6-7-17-27(26)34-30-20-10-11-21-32(30)41-38(34)37(33)40-36/h1-27H;1-23H;1-22H/i;;1D,2D,3D,12D,13D. The van der Waals surface area contributed by atoms with Crippen molar-refractivity contribution in [3.8, 4) is 102 Å². The van der Waals surface area contributed by atoms with Gasteiger partial charge in [0.2, 0.25) is 0 Å². The number of nitrogens with zero attached hydrogens (tertiary/aromatic N) is 8. The van der Waals surface area contributed by atoms with Crippen molar-refractivity contribution in [1.82, 2.24) is 39.9 Å². The van der Waals surface area contributed by atoms with Crippen LogP contribution in [0.5, 0.6) is 0 Å². The van der Waals surface area contributed by atoms with E-state index < -0.39 is 6.04 Å². The molecule has 0 unspecified atom stereocenters. The summed E-state index contributed by atoms with van der Waals surface area (Å²) in [6.07, 6.45) is 1.96. The molecule has 0 saturated carbocycles. The second kappa shape index (κ2) is 32.1. The van der Waals surface area contributed by atoms with Gasteiger partial charge in [0.15, 0.2) is 11.6 Å². The lowest BCUT2D eigenvalue weighted by molar-refractivity contribution is 1.18. The first-order chi connectivity index (χ1) is 68.1. The van der Waals surface area contributed by atoms with E-state index in [1.807, 2.05) is 132 Å². The molecule has 618 valence electrons. The zero-order valence-electron chi connectivity index (χ0n) is 76.0. The zero-order chi connectivity index (χ0) is 91.9. The molecule has 0 N–H and O–H groups in total. The Kier molecular flexibility index (Phi) is 17.4. The topological polar surface area (TPSA) is 103 Å². The maximum absolute atomic E-state index is 8.76. The van der Waals surface area contributed by atoms with Crippen LogP contribution < -0.4 is 0 Å². The Morgan fingerprint density at radius 2 is 0.511 bits per heavy atom. The molecule has 28 rings (SSSR count). The third-order valence-electron chi connectivity index (χ3n) is 25.7. The summed E-state index contributed by atoms with van der Waals surface area (Å²) in [4.78, 5) is 41.7. The lowest BCUT2D eigenvalue weighted by Crippen LogP contribution is -1.98. The Morgan fingerprint density at radius 3 is 0.970 bits per heavy atom. The van der Waals surface area contributed by atoms with Crippen LogP contribution in [0.25, 0.3) is 270 Å². The highest BCUT2D eigenvalue weighted by Gasteiger charge is 2.27. The van der Waals surface area contributed by atoms with Gasteiger partial charge in [0.25, 0.3) is 0 Å². The normalized spacial score (nSPS) is 12.3. The van der Waals surface area contributed by atoms with Gasteiger partial charge in [-0.1, -0.05) is 400 Å². The number of pyridine rings is 4. The fourth-order valence-corrected chi connectivity index (χ4v) is 23.4. The van der Waals surface area contributed by atoms with Crippen molar-refractivity contribution in [2.45, 2.75) is 0 Å². The molecule has 28 aromatic rings. The number of aromatic nitrogens is 8. The van der Waals surface area contributed by atoms with E-state index >= 15 is 0 Å². The van der Waals surface area contributed by atoms with Crippen LogP contribution >= 0.6 is 34.0 Å². The van der Waals surface area contributed by atoms with E-state index in [1.54, 1.807) is 11.3 Å². The molecule has 0 radical (unpaired) electrons. The predicted molar refractivity (Wildman–Crippen MR) is 564 cm³/mol. The third-order valence-corrected chi connectivity index (χ3v) is 29.2. The van der Waals surface area contributed by atoms with Gasteiger partial charge < -0.3 is 0 Å². The molecule has 9 heterocycles. The van der Waals surface area contributed by atoms with E-state index in [4.69, 9.17) is 46.7 Å². The van der Waals surface area contributed by atoms with Crippen molar-refractivity contribution in [1.29, 1.82) is 0 Å². The molecule has 0 spiro atoms. The van der Waals surface area contributed by atoms with Crippen LogP contribution in [0.15, 0.2) is 437 Å². The zero-order valence-corrected chi connectivity index (χ0v) is 73.4. The SMILES string of the molecule is [2H]c1c([2H])c([2H])c(-c2nc(-c3nc4c5sc6ccccc6c5c5ccccc5c4c4ccccc34)cc3ccccc23)c([2H])c1[2H].c1ccc(-c2cc(-c3ccc(-c4nc5c6sc7ccccc7c6c6ccccc6c5c5ccccc45)cc3)nc(-c3ccccc3)n2)cc1.c1ccc(-c2ncc(-c3nc4c5sc6ccccc6c5c5ccccc5c4c4ccccc34)c(-c3ccccc3)n2)cc1. The van der Waals surface area contributed by atoms with Gasteiger partial charge in [-0.05, 0) is 84.2 Å². The molecular formula is C122H72N8S3. The maximum Gasteiger partial charge on any atom is 0.160 e. The molecule has 133 heavy (non-hydrogen) atoms. The van der Waals surface area contributed by atoms with Gasteiger partial charge in [-0.25, -0.2) is 39.9 Å². The third kappa shape index (κ3) is 13.1. The molecule has 0 bridgehead atoms. The van der Waals surface area contributed by atoms with Crippen LogP contribution in [0.1, 0.15) is 6.85 Å². The van der Waals surface area contributed by atoms with Gasteiger partial charge in [0, 0.05) is 135 Å². The van der Waals surface area contributed by atoms with Crippen molar-refractivity contribution in [2.75, 3.05) is 0 Å². The van der Waals surface area contributed by atoms with Gasteiger partial charge in [-0.3, -0.25) is 0 Å². The fourth-order valence-electron chi connectivity index (χ4n) is 19.8. The summed E-state index contributed by atoms with van der Waals surface area (Å²) in [5, 5.41) is 26.5. The van der Waals surface area contributed by atoms with Crippen molar-refractivity contribution < 1.29 is 6.85 Å². The number of hydrogen-bond donors (Lipinski definition) is 0. The van der Waals surface area contributed by atoms with E-state index in [-0.39, 0.29) is 29.7 Å². The van der Waals surface area contributed by atoms with Gasteiger partial charge >= 0.3 is 0 Å². The van der Waals surface area contributed by atoms with Crippen LogP contribution in [0, 0.1) is 0 Å². The molecule has 0 aliphatic heterocycles. The Labute approximate surface area is 782 Å². The highest BCUT2D eigenvalue weighted by atomic mass is 32.1. The van der Waals surface area contributed by atoms with E-state index in [1.165, 1.54) is 104 Å². The maximum atomic E-state index is 8.76. The molecule has 19 aromatic carbocycles. The summed E-state index contributed by atoms with van der Waals surface area (Å²) in [6, 6.07) is 137. The molecule has 0 amide bonds. The molecule has 9 aromatic heterocycles. The summed E-state index contributed by atoms with van der Waals surface area (Å²) in [5.41, 5.74) is 16.3. The molecule has 0 aliphatic rings. The van der Waals surface area contributed by atoms with Crippen LogP contribution in [-0.4, -0.2) is 39.9 Å². The Balaban J connectivity index is 0.000000107. The fraction of sp³-hybridized carbons (Fsp3) is 0. The highest BCUT2D eigenvalue weighted by Crippen LogP contribution is 2.52. The van der Waals surface area contributed by atoms with Gasteiger partial charge in [-0.15, -0.1) is 34.0 Å². The van der Waals surface area contributed by atoms with Crippen molar-refractivity contribution in [3.05, 3.63) is 437 Å². The number of benzene rings is 19. The monoisotopic (exact) mass is 1750 g/mol. The summed E-state index contributed by atoms with van der Waals surface area (Å²) in [5.74, 6) is 1.41. The van der Waals surface area contributed by atoms with E-state index in [0.29, 0.717) is 34.1 Å². The minimum Gasteiger partial charge on any atom is -0.246 e. The predicted octanol–water partition coefficient (Wildman–Crippen LogP) is 33.9. The molecule has 11 heteroatoms. The number of fused-ring (bicyclic) bond motifs is 31. The van der Waals surface area contributed by atoms with Crippen molar-refractivity contribution in [2.24, 2.45) is 0 Å². The van der Waals surface area contributed by atoms with Gasteiger partial charge in [0.05, 0.1) is 83.1 Å². The summed E-state index contributed by atoms with van der Waals surface area (Å²) < 4.78 is 49.7. The Morgan fingerprint density at radius 1 is 0.195 bits per heavy atom. The van der Waals surface area contributed by atoms with Crippen LogP contribution in [0.3, 0.4) is 0 Å². The first kappa shape index (κ1) is 72.1. The van der Waals surface area contributed by atoms with Gasteiger partial charge in [0.1, 0.15) is 0 Å². The molecule has 0 aliphatic carbocycles. The Hall–Kier alpha value is -16.8. The molecule has 0 fully saturated rings. The largest absolute Gasteiger partial charge is 0.246 e. The highest BCUT2D eigenvalue weighted by molar-refractivity contribution is 7.28. The molecular weight excluding hydrogens is 1670 g/mol. The summed E-state index contributed by atoms with van der Waals surface area (Å²) >= 11 is 5.40. The second-order valence-electron chi connectivity index (χ2n) is 33.3. The quantitative estimate of drug-likeness (QED) is 0.132. The van der Waals surface area contributed by atoms with Gasteiger partial charge in [-0.2, -0.15) is 0 Å². The lowest BCUT2D eigenvalue weighted by Gasteiger charge is -2.16. The summed E-state index contributed by atoms with van der Waals surface area (Å²) in [6.45, 7) is 0. The number of thiophene rings is 3. The van der Waals surface area contributed by atoms with Crippen LogP contribution in [0.4, 0.5) is 0 Å². The van der Waals surface area contributed by atoms with Crippen molar-refractivity contribution in [3.63, 3.8) is 0 Å². The smallest absolute Gasteiger partial charge is 0.160 e. The lowest BCUT2D eigenvalue weighted by atomic mass is 9.93. The van der Waals surface area contributed by atoms with Crippen LogP contribution in [-0.2, 0) is 0 Å². The minimum atomic E-state index is -0.430. The first-order valence-electron chi connectivity index (χ1n) is 46.8. The first-order valence-corrected chi connectivity index (χ1v) is 46.7. The van der Waals surface area contributed by atoms with E-state index in [9.17, 15) is 0 Å². The number of rotatable bonds is 9. The molecule has 8 nitrogen and oxygen atoms in total. The van der Waals surface area contributed by atoms with Crippen LogP contribution in [0.2, 0.25) is 0 Å². The minimum absolute atomic E-state index is 0.0760. The molecule has 0 atom stereocenters. The average molecular weight is 1750 g/mol. The van der Waals surface area contributed by atoms with E-state index in [2.05, 4.69) is 297 Å². The Bertz CT molecular complexity index is 9850. The second-order valence-corrected chi connectivity index (χ2v) is 36.4. The molecule has 0 saturated heterocycles. The number of hydrogen-bond acceptors (Lipinski definition) is 11. The summed E-state index contributed by atoms with van der Waals surface area (Å²) in [7, 11) is 0. The van der Waals surface area contributed by atoms with E-state index in [0.717, 1.165) is 126 Å². The van der Waals surface area contributed by atoms with Crippen molar-refractivity contribution >= 4 is 203 Å². The average Bonchev–Trinajstić information content (AvgIpc) is 1.47.